The first-order valence-corrected chi connectivity index (χ1v) is 11.2. The van der Waals surface area contributed by atoms with Crippen molar-refractivity contribution in [3.05, 3.63) is 88.4 Å². The van der Waals surface area contributed by atoms with E-state index in [9.17, 15) is 14.4 Å². The highest BCUT2D eigenvalue weighted by Crippen LogP contribution is 2.44. The average molecular weight is 479 g/mol. The zero-order valence-electron chi connectivity index (χ0n) is 18.4. The highest BCUT2D eigenvalue weighted by Gasteiger charge is 2.29. The Morgan fingerprint density at radius 3 is 2.21 bits per heavy atom. The Morgan fingerprint density at radius 1 is 1.00 bits per heavy atom. The molecule has 0 radical (unpaired) electrons. The summed E-state index contributed by atoms with van der Waals surface area (Å²) in [5.41, 5.74) is 4.61. The first-order valence-electron chi connectivity index (χ1n) is 10.8. The monoisotopic (exact) mass is 478 g/mol. The molecule has 0 saturated heterocycles. The lowest BCUT2D eigenvalue weighted by Gasteiger charge is -2.19. The maximum Gasteiger partial charge on any atom is 0.407 e. The first-order chi connectivity index (χ1) is 16.4. The van der Waals surface area contributed by atoms with Gasteiger partial charge in [0.05, 0.1) is 5.56 Å². The van der Waals surface area contributed by atoms with Crippen molar-refractivity contribution in [1.82, 2.24) is 5.32 Å². The van der Waals surface area contributed by atoms with Gasteiger partial charge in [0.1, 0.15) is 12.6 Å². The molecule has 3 aromatic carbocycles. The van der Waals surface area contributed by atoms with Gasteiger partial charge in [-0.3, -0.25) is 4.79 Å². The number of amides is 2. The summed E-state index contributed by atoms with van der Waals surface area (Å²) < 4.78 is 5.51. The lowest BCUT2D eigenvalue weighted by Crippen LogP contribution is -2.43. The number of benzene rings is 3. The van der Waals surface area contributed by atoms with Crippen LogP contribution in [0.5, 0.6) is 0 Å². The van der Waals surface area contributed by atoms with Gasteiger partial charge in [0.25, 0.3) is 0 Å². The number of anilines is 1. The summed E-state index contributed by atoms with van der Waals surface area (Å²) in [4.78, 5) is 36.4. The Bertz CT molecular complexity index is 1210. The number of halogens is 1. The van der Waals surface area contributed by atoms with Crippen LogP contribution in [0.25, 0.3) is 11.1 Å². The molecule has 0 heterocycles. The van der Waals surface area contributed by atoms with E-state index in [0.29, 0.717) is 6.42 Å². The van der Waals surface area contributed by atoms with Crippen molar-refractivity contribution in [2.24, 2.45) is 0 Å². The molecule has 0 saturated carbocycles. The van der Waals surface area contributed by atoms with E-state index >= 15 is 0 Å². The molecule has 0 aliphatic heterocycles. The van der Waals surface area contributed by atoms with E-state index in [1.165, 1.54) is 18.2 Å². The number of ether oxygens (including phenoxy) is 1. The molecule has 0 aromatic heterocycles. The smallest absolute Gasteiger partial charge is 0.407 e. The molecule has 2 amide bonds. The second kappa shape index (κ2) is 9.97. The number of hydrogen-bond acceptors (Lipinski definition) is 4. The summed E-state index contributed by atoms with van der Waals surface area (Å²) in [6.07, 6.45) is -0.399. The molecule has 3 aromatic rings. The Morgan fingerprint density at radius 2 is 1.62 bits per heavy atom. The molecular weight excluding hydrogens is 456 g/mol. The number of alkyl carbamates (subject to hydrolysis) is 1. The summed E-state index contributed by atoms with van der Waals surface area (Å²) in [5, 5.41) is 14.5. The Hall–Kier alpha value is -3.84. The molecule has 0 bridgehead atoms. The molecule has 7 nitrogen and oxygen atoms in total. The lowest BCUT2D eigenvalue weighted by atomic mass is 9.98. The molecular formula is C26H23ClN2O5. The van der Waals surface area contributed by atoms with Crippen molar-refractivity contribution < 1.29 is 24.2 Å². The largest absolute Gasteiger partial charge is 0.478 e. The van der Waals surface area contributed by atoms with Gasteiger partial charge in [-0.1, -0.05) is 67.1 Å². The molecule has 174 valence electrons. The Balaban J connectivity index is 1.40. The summed E-state index contributed by atoms with van der Waals surface area (Å²) >= 11 is 5.95. The molecule has 0 fully saturated rings. The van der Waals surface area contributed by atoms with E-state index in [1.54, 1.807) is 6.92 Å². The third kappa shape index (κ3) is 4.89. The van der Waals surface area contributed by atoms with Crippen molar-refractivity contribution in [3.63, 3.8) is 0 Å². The predicted octanol–water partition coefficient (Wildman–Crippen LogP) is 5.29. The third-order valence-corrected chi connectivity index (χ3v) is 5.99. The molecule has 0 unspecified atom stereocenters. The molecule has 0 spiro atoms. The quantitative estimate of drug-likeness (QED) is 0.427. The van der Waals surface area contributed by atoms with Crippen LogP contribution in [0, 0.1) is 0 Å². The minimum atomic E-state index is -1.16. The van der Waals surface area contributed by atoms with Crippen LogP contribution >= 0.6 is 11.6 Å². The zero-order valence-corrected chi connectivity index (χ0v) is 19.1. The summed E-state index contributed by atoms with van der Waals surface area (Å²) in [6, 6.07) is 19.2. The molecule has 1 aliphatic rings. The second-order valence-electron chi connectivity index (χ2n) is 7.95. The van der Waals surface area contributed by atoms with E-state index in [0.717, 1.165) is 22.3 Å². The predicted molar refractivity (Wildman–Crippen MR) is 129 cm³/mol. The van der Waals surface area contributed by atoms with E-state index in [-0.39, 0.29) is 28.8 Å². The van der Waals surface area contributed by atoms with E-state index in [2.05, 4.69) is 22.8 Å². The number of carboxylic acid groups (broad SMARTS) is 1. The maximum atomic E-state index is 12.7. The van der Waals surface area contributed by atoms with E-state index in [4.69, 9.17) is 21.4 Å². The van der Waals surface area contributed by atoms with Crippen LogP contribution in [-0.2, 0) is 9.53 Å². The van der Waals surface area contributed by atoms with Crippen molar-refractivity contribution in [1.29, 1.82) is 0 Å². The standard InChI is InChI=1S/C26H23ClN2O5/c1-2-23(24(30)28-17-12-15(25(31)32)11-16(27)13-17)29-26(33)34-14-22-20-9-5-3-7-18(20)19-8-4-6-10-21(19)22/h3-13,22-23H,2,14H2,1H3,(H,28,30)(H,29,33)(H,31,32)/t23-/m1/s1. The number of aromatic carboxylic acids is 1. The number of carboxylic acids is 1. The van der Waals surface area contributed by atoms with E-state index in [1.807, 2.05) is 36.4 Å². The summed E-state index contributed by atoms with van der Waals surface area (Å²) in [5.74, 6) is -1.76. The normalized spacial score (nSPS) is 12.9. The highest BCUT2D eigenvalue weighted by atomic mass is 35.5. The number of fused-ring (bicyclic) bond motifs is 3. The van der Waals surface area contributed by atoms with Gasteiger partial charge in [-0.2, -0.15) is 0 Å². The highest BCUT2D eigenvalue weighted by molar-refractivity contribution is 6.31. The van der Waals surface area contributed by atoms with Gasteiger partial charge in [-0.25, -0.2) is 9.59 Å². The van der Waals surface area contributed by atoms with Crippen LogP contribution in [0.2, 0.25) is 5.02 Å². The molecule has 1 aliphatic carbocycles. The fourth-order valence-corrected chi connectivity index (χ4v) is 4.39. The molecule has 8 heteroatoms. The van der Waals surface area contributed by atoms with Crippen LogP contribution in [0.1, 0.15) is 40.7 Å². The van der Waals surface area contributed by atoms with Crippen LogP contribution < -0.4 is 10.6 Å². The van der Waals surface area contributed by atoms with E-state index < -0.39 is 24.0 Å². The van der Waals surface area contributed by atoms with Gasteiger partial charge in [0.15, 0.2) is 0 Å². The van der Waals surface area contributed by atoms with Gasteiger partial charge >= 0.3 is 12.1 Å². The fourth-order valence-electron chi connectivity index (χ4n) is 4.15. The van der Waals surface area contributed by atoms with Gasteiger partial charge in [-0.15, -0.1) is 0 Å². The van der Waals surface area contributed by atoms with Crippen molar-refractivity contribution in [2.75, 3.05) is 11.9 Å². The number of carbonyl (C=O) groups is 3. The van der Waals surface area contributed by atoms with Crippen molar-refractivity contribution in [2.45, 2.75) is 25.3 Å². The van der Waals surface area contributed by atoms with Crippen molar-refractivity contribution in [3.8, 4) is 11.1 Å². The lowest BCUT2D eigenvalue weighted by molar-refractivity contribution is -0.118. The van der Waals surface area contributed by atoms with Gasteiger partial charge in [0.2, 0.25) is 5.91 Å². The Labute approximate surface area is 201 Å². The molecule has 4 rings (SSSR count). The summed E-state index contributed by atoms with van der Waals surface area (Å²) in [7, 11) is 0. The third-order valence-electron chi connectivity index (χ3n) is 5.77. The SMILES string of the molecule is CC[C@@H](NC(=O)OCC1c2ccccc2-c2ccccc21)C(=O)Nc1cc(Cl)cc(C(=O)O)c1. The van der Waals surface area contributed by atoms with Crippen molar-refractivity contribution >= 4 is 35.3 Å². The minimum Gasteiger partial charge on any atom is -0.478 e. The number of hydrogen-bond donors (Lipinski definition) is 3. The van der Waals surface area contributed by atoms with Gasteiger partial charge in [-0.05, 0) is 46.9 Å². The molecule has 3 N–H and O–H groups in total. The zero-order chi connectivity index (χ0) is 24.2. The number of carbonyl (C=O) groups excluding carboxylic acids is 2. The summed E-state index contributed by atoms with van der Waals surface area (Å²) in [6.45, 7) is 1.88. The fraction of sp³-hybridized carbons (Fsp3) is 0.192. The van der Waals surface area contributed by atoms with Gasteiger partial charge < -0.3 is 20.5 Å². The minimum absolute atomic E-state index is 0.0552. The van der Waals surface area contributed by atoms with Crippen LogP contribution in [0.3, 0.4) is 0 Å². The number of rotatable bonds is 7. The van der Waals surface area contributed by atoms with Gasteiger partial charge in [0, 0.05) is 16.6 Å². The van der Waals surface area contributed by atoms with Crippen LogP contribution in [-0.4, -0.2) is 35.7 Å². The first kappa shape index (κ1) is 23.3. The Kier molecular flexibility index (Phi) is 6.84. The van der Waals surface area contributed by atoms with Crippen LogP contribution in [0.4, 0.5) is 10.5 Å². The number of nitrogens with one attached hydrogen (secondary N) is 2. The topological polar surface area (TPSA) is 105 Å². The maximum absolute atomic E-state index is 12.7. The van der Waals surface area contributed by atoms with Crippen LogP contribution in [0.15, 0.2) is 66.7 Å². The second-order valence-corrected chi connectivity index (χ2v) is 8.39. The molecule has 1 atom stereocenters. The average Bonchev–Trinajstić information content (AvgIpc) is 3.14. The molecule has 34 heavy (non-hydrogen) atoms.